The van der Waals surface area contributed by atoms with Gasteiger partial charge in [0.2, 0.25) is 0 Å². The molecule has 130 valence electrons. The zero-order valence-electron chi connectivity index (χ0n) is 16.0. The molecule has 0 bridgehead atoms. The number of hydrogen-bond acceptors (Lipinski definition) is 0. The van der Waals surface area contributed by atoms with E-state index in [9.17, 15) is 0 Å². The van der Waals surface area contributed by atoms with Gasteiger partial charge in [-0.1, -0.05) is 123 Å². The van der Waals surface area contributed by atoms with E-state index in [4.69, 9.17) is 0 Å². The first-order valence-corrected chi connectivity index (χ1v) is 11.8. The van der Waals surface area contributed by atoms with Crippen molar-refractivity contribution in [2.45, 2.75) is 123 Å². The van der Waals surface area contributed by atoms with E-state index in [1.807, 2.05) is 0 Å². The lowest BCUT2D eigenvalue weighted by molar-refractivity contribution is 0.581. The molecule has 0 N–H and O–H groups in total. The lowest BCUT2D eigenvalue weighted by Crippen LogP contribution is -2.44. The first kappa shape index (κ1) is 23.4. The highest BCUT2D eigenvalue weighted by Gasteiger charge is 2.41. The molecular weight excluding hydrogens is 275 g/mol. The molecule has 0 aliphatic rings. The van der Waals surface area contributed by atoms with E-state index in [0.29, 0.717) is 0 Å². The lowest BCUT2D eigenvalue weighted by atomic mass is 10.1. The molecule has 0 aliphatic heterocycles. The van der Waals surface area contributed by atoms with Gasteiger partial charge in [0.05, 0.1) is 8.07 Å². The molecule has 0 radical (unpaired) electrons. The molecular formula is C19H43FSi. The largest absolute Gasteiger partial charge is 0.269 e. The second kappa shape index (κ2) is 12.7. The Balaban J connectivity index is 0. The summed E-state index contributed by atoms with van der Waals surface area (Å²) in [6, 6.07) is 1.56. The van der Waals surface area contributed by atoms with Crippen molar-refractivity contribution in [3.8, 4) is 0 Å². The average Bonchev–Trinajstić information content (AvgIpc) is 2.35. The van der Waals surface area contributed by atoms with E-state index in [1.165, 1.54) is 51.4 Å². The van der Waals surface area contributed by atoms with Crippen molar-refractivity contribution in [1.82, 2.24) is 0 Å². The summed E-state index contributed by atoms with van der Waals surface area (Å²) in [5.74, 6) is 0. The maximum Gasteiger partial charge on any atom is 0.0612 e. The standard InChI is InChI=1S/C19H42Si.FH/c1-8-9-10-11-12-13-14-15-16-20(17(2)3,18(4)5)19(6)7;/h17-19H,8-16H2,1-7H3;1H. The van der Waals surface area contributed by atoms with Gasteiger partial charge >= 0.3 is 0 Å². The van der Waals surface area contributed by atoms with Crippen LogP contribution in [0.2, 0.25) is 22.7 Å². The van der Waals surface area contributed by atoms with E-state index < -0.39 is 8.07 Å². The fourth-order valence-electron chi connectivity index (χ4n) is 4.43. The zero-order valence-corrected chi connectivity index (χ0v) is 17.0. The third-order valence-electron chi connectivity index (χ3n) is 5.69. The van der Waals surface area contributed by atoms with Crippen LogP contribution < -0.4 is 0 Å². The third kappa shape index (κ3) is 7.81. The van der Waals surface area contributed by atoms with Gasteiger partial charge in [-0.05, 0) is 0 Å². The van der Waals surface area contributed by atoms with Crippen molar-refractivity contribution >= 4 is 8.07 Å². The predicted octanol–water partition coefficient (Wildman–Crippen LogP) is 7.96. The zero-order chi connectivity index (χ0) is 15.6. The van der Waals surface area contributed by atoms with Crippen LogP contribution >= 0.6 is 0 Å². The minimum absolute atomic E-state index is 0. The van der Waals surface area contributed by atoms with Gasteiger partial charge in [0.25, 0.3) is 0 Å². The lowest BCUT2D eigenvalue weighted by Gasteiger charge is -2.43. The second-order valence-electron chi connectivity index (χ2n) is 7.80. The number of rotatable bonds is 12. The van der Waals surface area contributed by atoms with Gasteiger partial charge in [-0.15, -0.1) is 0 Å². The van der Waals surface area contributed by atoms with Gasteiger partial charge in [-0.3, -0.25) is 4.70 Å². The van der Waals surface area contributed by atoms with Crippen LogP contribution in [0.5, 0.6) is 0 Å². The van der Waals surface area contributed by atoms with Crippen LogP contribution in [-0.4, -0.2) is 8.07 Å². The van der Waals surface area contributed by atoms with Crippen LogP contribution in [0.15, 0.2) is 0 Å². The maximum absolute atomic E-state index is 2.50. The predicted molar refractivity (Wildman–Crippen MR) is 101 cm³/mol. The Morgan fingerprint density at radius 3 is 1.24 bits per heavy atom. The van der Waals surface area contributed by atoms with Crippen molar-refractivity contribution in [1.29, 1.82) is 0 Å². The normalized spacial score (nSPS) is 12.3. The van der Waals surface area contributed by atoms with Gasteiger partial charge in [-0.2, -0.15) is 0 Å². The Kier molecular flexibility index (Phi) is 14.1. The Morgan fingerprint density at radius 2 is 0.905 bits per heavy atom. The van der Waals surface area contributed by atoms with Gasteiger partial charge in [0, 0.05) is 0 Å². The molecule has 0 heterocycles. The van der Waals surface area contributed by atoms with E-state index in [-0.39, 0.29) is 4.70 Å². The summed E-state index contributed by atoms with van der Waals surface area (Å²) in [6.07, 6.45) is 11.6. The van der Waals surface area contributed by atoms with Crippen molar-refractivity contribution in [2.24, 2.45) is 0 Å². The van der Waals surface area contributed by atoms with Gasteiger partial charge < -0.3 is 0 Å². The highest BCUT2D eigenvalue weighted by Crippen LogP contribution is 2.45. The van der Waals surface area contributed by atoms with Crippen LogP contribution in [0.1, 0.15) is 99.8 Å². The smallest absolute Gasteiger partial charge is 0.0612 e. The average molecular weight is 319 g/mol. The molecule has 0 nitrogen and oxygen atoms in total. The summed E-state index contributed by atoms with van der Waals surface area (Å²) in [5.41, 5.74) is 2.81. The molecule has 0 amide bonds. The second-order valence-corrected chi connectivity index (χ2v) is 14.0. The molecule has 21 heavy (non-hydrogen) atoms. The fourth-order valence-corrected chi connectivity index (χ4v) is 11.0. The number of hydrogen-bond donors (Lipinski definition) is 0. The highest BCUT2D eigenvalue weighted by molar-refractivity contribution is 6.83. The summed E-state index contributed by atoms with van der Waals surface area (Å²) in [6.45, 7) is 17.3. The van der Waals surface area contributed by atoms with Crippen LogP contribution in [0.4, 0.5) is 4.70 Å². The first-order chi connectivity index (χ1) is 9.39. The van der Waals surface area contributed by atoms with Crippen molar-refractivity contribution in [3.05, 3.63) is 0 Å². The monoisotopic (exact) mass is 318 g/mol. The van der Waals surface area contributed by atoms with Gasteiger partial charge in [0.15, 0.2) is 0 Å². The van der Waals surface area contributed by atoms with Crippen LogP contribution in [0.3, 0.4) is 0 Å². The number of unbranched alkanes of at least 4 members (excludes halogenated alkanes) is 7. The first-order valence-electron chi connectivity index (χ1n) is 9.39. The molecule has 0 unspecified atom stereocenters. The minimum Gasteiger partial charge on any atom is -0.269 e. The van der Waals surface area contributed by atoms with E-state index in [1.54, 1.807) is 6.04 Å². The third-order valence-corrected chi connectivity index (χ3v) is 13.4. The van der Waals surface area contributed by atoms with E-state index in [0.717, 1.165) is 16.6 Å². The molecule has 0 fully saturated rings. The molecule has 0 spiro atoms. The number of halogens is 1. The summed E-state index contributed by atoms with van der Waals surface area (Å²) >= 11 is 0. The van der Waals surface area contributed by atoms with Crippen LogP contribution in [0.25, 0.3) is 0 Å². The van der Waals surface area contributed by atoms with E-state index >= 15 is 0 Å². The SMILES string of the molecule is CCCCCCCCCC[Si](C(C)C)(C(C)C)C(C)C.F. The summed E-state index contributed by atoms with van der Waals surface area (Å²) < 4.78 is 0. The van der Waals surface area contributed by atoms with Crippen molar-refractivity contribution in [3.63, 3.8) is 0 Å². The highest BCUT2D eigenvalue weighted by atomic mass is 28.3. The van der Waals surface area contributed by atoms with Crippen LogP contribution in [-0.2, 0) is 0 Å². The summed E-state index contributed by atoms with van der Waals surface area (Å²) in [5, 5.41) is 0. The topological polar surface area (TPSA) is 0 Å². The molecule has 0 rings (SSSR count). The molecule has 0 aromatic rings. The Bertz CT molecular complexity index is 202. The van der Waals surface area contributed by atoms with Gasteiger partial charge in [-0.25, -0.2) is 0 Å². The van der Waals surface area contributed by atoms with Gasteiger partial charge in [0.1, 0.15) is 0 Å². The summed E-state index contributed by atoms with van der Waals surface area (Å²) in [4.78, 5) is 0. The van der Waals surface area contributed by atoms with Crippen molar-refractivity contribution < 1.29 is 4.70 Å². The van der Waals surface area contributed by atoms with Crippen molar-refractivity contribution in [2.75, 3.05) is 0 Å². The minimum atomic E-state index is -1.11. The molecule has 0 saturated heterocycles. The molecule has 0 aliphatic carbocycles. The molecule has 2 heteroatoms. The Hall–Kier alpha value is 0.147. The molecule has 0 saturated carbocycles. The fraction of sp³-hybridized carbons (Fsp3) is 1.00. The molecule has 0 aromatic heterocycles. The summed E-state index contributed by atoms with van der Waals surface area (Å²) in [7, 11) is -1.11. The van der Waals surface area contributed by atoms with E-state index in [2.05, 4.69) is 48.5 Å². The van der Waals surface area contributed by atoms with Crippen LogP contribution in [0, 0.1) is 0 Å². The molecule has 0 aromatic carbocycles. The molecule has 0 atom stereocenters. The quantitative estimate of drug-likeness (QED) is 0.253. The Morgan fingerprint density at radius 1 is 0.571 bits per heavy atom. The Labute approximate surface area is 135 Å². The maximum atomic E-state index is 2.50.